The SMILES string of the molecule is COc1cc(CN2CCCCC[C@H]2CO)ccc1F. The number of aliphatic hydroxyl groups is 1. The molecule has 1 saturated heterocycles. The highest BCUT2D eigenvalue weighted by Gasteiger charge is 2.20. The van der Waals surface area contributed by atoms with Gasteiger partial charge < -0.3 is 9.84 Å². The number of hydrogen-bond acceptors (Lipinski definition) is 3. The van der Waals surface area contributed by atoms with Crippen LogP contribution in [0.4, 0.5) is 4.39 Å². The van der Waals surface area contributed by atoms with Crippen LogP contribution in [0.2, 0.25) is 0 Å². The number of halogens is 1. The van der Waals surface area contributed by atoms with E-state index in [9.17, 15) is 9.50 Å². The summed E-state index contributed by atoms with van der Waals surface area (Å²) >= 11 is 0. The van der Waals surface area contributed by atoms with E-state index in [0.717, 1.165) is 31.5 Å². The van der Waals surface area contributed by atoms with Crippen LogP contribution in [0.15, 0.2) is 18.2 Å². The lowest BCUT2D eigenvalue weighted by molar-refractivity contribution is 0.118. The summed E-state index contributed by atoms with van der Waals surface area (Å²) in [5.74, 6) is -0.0475. The summed E-state index contributed by atoms with van der Waals surface area (Å²) in [5, 5.41) is 9.48. The molecule has 1 aliphatic heterocycles. The highest BCUT2D eigenvalue weighted by atomic mass is 19.1. The standard InChI is InChI=1S/C15H22FNO2/c1-19-15-9-12(6-7-14(15)16)10-17-8-4-2-3-5-13(17)11-18/h6-7,9,13,18H,2-5,8,10-11H2,1H3/t13-/m0/s1. The van der Waals surface area contributed by atoms with Crippen LogP contribution in [0, 0.1) is 5.82 Å². The first-order valence-corrected chi connectivity index (χ1v) is 6.92. The van der Waals surface area contributed by atoms with Crippen molar-refractivity contribution in [1.29, 1.82) is 0 Å². The van der Waals surface area contributed by atoms with E-state index in [2.05, 4.69) is 4.90 Å². The molecule has 0 saturated carbocycles. The summed E-state index contributed by atoms with van der Waals surface area (Å²) in [6.07, 6.45) is 4.60. The number of aliphatic hydroxyl groups excluding tert-OH is 1. The van der Waals surface area contributed by atoms with Gasteiger partial charge >= 0.3 is 0 Å². The van der Waals surface area contributed by atoms with Gasteiger partial charge in [-0.2, -0.15) is 0 Å². The van der Waals surface area contributed by atoms with Crippen molar-refractivity contribution >= 4 is 0 Å². The minimum atomic E-state index is -0.333. The molecule has 1 atom stereocenters. The molecule has 4 heteroatoms. The van der Waals surface area contributed by atoms with Crippen molar-refractivity contribution in [2.45, 2.75) is 38.3 Å². The zero-order valence-corrected chi connectivity index (χ0v) is 11.4. The monoisotopic (exact) mass is 267 g/mol. The van der Waals surface area contributed by atoms with E-state index >= 15 is 0 Å². The Hall–Kier alpha value is -1.13. The van der Waals surface area contributed by atoms with E-state index in [1.54, 1.807) is 12.1 Å². The largest absolute Gasteiger partial charge is 0.494 e. The number of rotatable bonds is 4. The van der Waals surface area contributed by atoms with E-state index in [1.165, 1.54) is 26.0 Å². The van der Waals surface area contributed by atoms with Gasteiger partial charge in [0.1, 0.15) is 0 Å². The molecule has 0 bridgehead atoms. The molecule has 1 aromatic carbocycles. The number of ether oxygens (including phenoxy) is 1. The summed E-state index contributed by atoms with van der Waals surface area (Å²) in [7, 11) is 1.48. The zero-order chi connectivity index (χ0) is 13.7. The summed E-state index contributed by atoms with van der Waals surface area (Å²) in [5.41, 5.74) is 1.03. The second kappa shape index (κ2) is 6.87. The Morgan fingerprint density at radius 1 is 1.37 bits per heavy atom. The third-order valence-electron chi connectivity index (χ3n) is 3.81. The van der Waals surface area contributed by atoms with Crippen LogP contribution in [0.5, 0.6) is 5.75 Å². The maximum atomic E-state index is 13.4. The Morgan fingerprint density at radius 2 is 2.21 bits per heavy atom. The normalized spacial score (nSPS) is 21.1. The van der Waals surface area contributed by atoms with Gasteiger partial charge in [0, 0.05) is 12.6 Å². The highest BCUT2D eigenvalue weighted by Crippen LogP contribution is 2.22. The lowest BCUT2D eigenvalue weighted by atomic mass is 10.1. The van der Waals surface area contributed by atoms with Crippen LogP contribution in [0.1, 0.15) is 31.2 Å². The summed E-state index contributed by atoms with van der Waals surface area (Å²) in [6, 6.07) is 5.20. The molecule has 106 valence electrons. The molecule has 2 rings (SSSR count). The second-order valence-corrected chi connectivity index (χ2v) is 5.13. The molecular formula is C15H22FNO2. The molecule has 3 nitrogen and oxygen atoms in total. The van der Waals surface area contributed by atoms with Gasteiger partial charge in [0.25, 0.3) is 0 Å². The van der Waals surface area contributed by atoms with Crippen LogP contribution in [0.25, 0.3) is 0 Å². The van der Waals surface area contributed by atoms with E-state index < -0.39 is 0 Å². The Bertz CT molecular complexity index is 411. The molecule has 0 spiro atoms. The van der Waals surface area contributed by atoms with E-state index in [1.807, 2.05) is 0 Å². The van der Waals surface area contributed by atoms with Crippen LogP contribution in [-0.2, 0) is 6.54 Å². The fraction of sp³-hybridized carbons (Fsp3) is 0.600. The summed E-state index contributed by atoms with van der Waals surface area (Å²) < 4.78 is 18.4. The van der Waals surface area contributed by atoms with Crippen molar-refractivity contribution in [3.8, 4) is 5.75 Å². The summed E-state index contributed by atoms with van der Waals surface area (Å²) in [6.45, 7) is 1.92. The Balaban J connectivity index is 2.09. The van der Waals surface area contributed by atoms with Crippen molar-refractivity contribution < 1.29 is 14.2 Å². The molecular weight excluding hydrogens is 245 g/mol. The molecule has 1 aromatic rings. The third kappa shape index (κ3) is 3.67. The molecule has 1 heterocycles. The lowest BCUT2D eigenvalue weighted by Gasteiger charge is -2.28. The highest BCUT2D eigenvalue weighted by molar-refractivity contribution is 5.30. The van der Waals surface area contributed by atoms with Crippen LogP contribution < -0.4 is 4.74 Å². The molecule has 0 aromatic heterocycles. The fourth-order valence-electron chi connectivity index (χ4n) is 2.69. The zero-order valence-electron chi connectivity index (χ0n) is 11.4. The van der Waals surface area contributed by atoms with Gasteiger partial charge in [0.05, 0.1) is 13.7 Å². The Morgan fingerprint density at radius 3 is 2.95 bits per heavy atom. The number of methoxy groups -OCH3 is 1. The minimum absolute atomic E-state index is 0.193. The van der Waals surface area contributed by atoms with Gasteiger partial charge in [-0.25, -0.2) is 4.39 Å². The summed E-state index contributed by atoms with van der Waals surface area (Å²) in [4.78, 5) is 2.29. The van der Waals surface area contributed by atoms with E-state index in [4.69, 9.17) is 4.74 Å². The number of likely N-dealkylation sites (tertiary alicyclic amines) is 1. The minimum Gasteiger partial charge on any atom is -0.494 e. The average molecular weight is 267 g/mol. The molecule has 0 unspecified atom stereocenters. The Labute approximate surface area is 114 Å². The van der Waals surface area contributed by atoms with Gasteiger partial charge in [-0.3, -0.25) is 4.90 Å². The van der Waals surface area contributed by atoms with Crippen LogP contribution >= 0.6 is 0 Å². The van der Waals surface area contributed by atoms with Gasteiger partial charge in [-0.1, -0.05) is 18.9 Å². The van der Waals surface area contributed by atoms with Crippen LogP contribution in [0.3, 0.4) is 0 Å². The third-order valence-corrected chi connectivity index (χ3v) is 3.81. The second-order valence-electron chi connectivity index (χ2n) is 5.13. The molecule has 1 fully saturated rings. The number of hydrogen-bond donors (Lipinski definition) is 1. The van der Waals surface area contributed by atoms with Crippen LogP contribution in [-0.4, -0.2) is 36.3 Å². The predicted octanol–water partition coefficient (Wildman–Crippen LogP) is 2.57. The van der Waals surface area contributed by atoms with Gasteiger partial charge in [0.2, 0.25) is 0 Å². The first-order chi connectivity index (χ1) is 9.24. The van der Waals surface area contributed by atoms with Gasteiger partial charge in [-0.15, -0.1) is 0 Å². The molecule has 0 radical (unpaired) electrons. The van der Waals surface area contributed by atoms with Crippen molar-refractivity contribution in [3.05, 3.63) is 29.6 Å². The fourth-order valence-corrected chi connectivity index (χ4v) is 2.69. The maximum absolute atomic E-state index is 13.4. The molecule has 0 aliphatic carbocycles. The van der Waals surface area contributed by atoms with Crippen molar-refractivity contribution in [2.24, 2.45) is 0 Å². The van der Waals surface area contributed by atoms with Gasteiger partial charge in [0.15, 0.2) is 11.6 Å². The molecule has 0 amide bonds. The number of benzene rings is 1. The maximum Gasteiger partial charge on any atom is 0.165 e. The molecule has 1 N–H and O–H groups in total. The topological polar surface area (TPSA) is 32.7 Å². The number of nitrogens with zero attached hydrogens (tertiary/aromatic N) is 1. The van der Waals surface area contributed by atoms with Gasteiger partial charge in [-0.05, 0) is 37.1 Å². The lowest BCUT2D eigenvalue weighted by Crippen LogP contribution is -2.36. The van der Waals surface area contributed by atoms with E-state index in [0.29, 0.717) is 0 Å². The first-order valence-electron chi connectivity index (χ1n) is 6.92. The van der Waals surface area contributed by atoms with E-state index in [-0.39, 0.29) is 24.2 Å². The quantitative estimate of drug-likeness (QED) is 0.910. The van der Waals surface area contributed by atoms with Crippen molar-refractivity contribution in [2.75, 3.05) is 20.3 Å². The average Bonchev–Trinajstić information content (AvgIpc) is 2.66. The first kappa shape index (κ1) is 14.3. The smallest absolute Gasteiger partial charge is 0.165 e. The Kier molecular flexibility index (Phi) is 5.16. The van der Waals surface area contributed by atoms with Crippen molar-refractivity contribution in [1.82, 2.24) is 4.90 Å². The molecule has 19 heavy (non-hydrogen) atoms. The molecule has 1 aliphatic rings. The van der Waals surface area contributed by atoms with Crippen molar-refractivity contribution in [3.63, 3.8) is 0 Å². The predicted molar refractivity (Wildman–Crippen MR) is 72.7 cm³/mol.